The van der Waals surface area contributed by atoms with E-state index >= 15 is 0 Å². The van der Waals surface area contributed by atoms with Gasteiger partial charge in [-0.3, -0.25) is 9.36 Å². The molecule has 0 aliphatic heterocycles. The van der Waals surface area contributed by atoms with Crippen LogP contribution in [0.1, 0.15) is 62.2 Å². The Morgan fingerprint density at radius 1 is 1.13 bits per heavy atom. The van der Waals surface area contributed by atoms with E-state index in [4.69, 9.17) is 10.1 Å². The summed E-state index contributed by atoms with van der Waals surface area (Å²) in [7, 11) is 4.03. The maximum Gasteiger partial charge on any atom is 0.228 e. The topological polar surface area (TPSA) is 85.5 Å². The molecular formula is C31H40N8. The van der Waals surface area contributed by atoms with Crippen molar-refractivity contribution in [2.75, 3.05) is 12.4 Å². The number of fused-ring (bicyclic) bond motifs is 3. The van der Waals surface area contributed by atoms with E-state index < -0.39 is 0 Å². The van der Waals surface area contributed by atoms with Crippen molar-refractivity contribution < 1.29 is 0 Å². The molecule has 8 nitrogen and oxygen atoms in total. The number of aromatic nitrogens is 6. The third-order valence-corrected chi connectivity index (χ3v) is 8.10. The highest BCUT2D eigenvalue weighted by Gasteiger charge is 2.27. The van der Waals surface area contributed by atoms with Gasteiger partial charge in [-0.25, -0.2) is 9.97 Å². The van der Waals surface area contributed by atoms with Gasteiger partial charge < -0.3 is 10.6 Å². The summed E-state index contributed by atoms with van der Waals surface area (Å²) in [5.74, 6) is 2.36. The lowest BCUT2D eigenvalue weighted by Gasteiger charge is -2.23. The van der Waals surface area contributed by atoms with Crippen molar-refractivity contribution in [3.05, 3.63) is 77.0 Å². The van der Waals surface area contributed by atoms with Gasteiger partial charge in [-0.2, -0.15) is 10.2 Å². The summed E-state index contributed by atoms with van der Waals surface area (Å²) >= 11 is 0. The number of hydrogen-bond acceptors (Lipinski definition) is 6. The quantitative estimate of drug-likeness (QED) is 0.274. The Balaban J connectivity index is 1.48. The van der Waals surface area contributed by atoms with Crippen LogP contribution in [0.4, 0.5) is 11.8 Å². The molecule has 2 N–H and O–H groups in total. The van der Waals surface area contributed by atoms with Crippen molar-refractivity contribution in [3.8, 4) is 11.3 Å². The average Bonchev–Trinajstić information content (AvgIpc) is 3.54. The molecule has 0 saturated heterocycles. The zero-order valence-electron chi connectivity index (χ0n) is 24.0. The van der Waals surface area contributed by atoms with Gasteiger partial charge in [-0.15, -0.1) is 0 Å². The van der Waals surface area contributed by atoms with Crippen LogP contribution in [0.3, 0.4) is 0 Å². The third-order valence-electron chi connectivity index (χ3n) is 8.10. The van der Waals surface area contributed by atoms with E-state index in [0.29, 0.717) is 17.8 Å². The molecule has 3 heterocycles. The number of hydrogen-bond donors (Lipinski definition) is 2. The minimum Gasteiger partial charge on any atom is -0.394 e. The van der Waals surface area contributed by atoms with Gasteiger partial charge in [-0.05, 0) is 53.9 Å². The van der Waals surface area contributed by atoms with Crippen LogP contribution in [-0.4, -0.2) is 36.6 Å². The fraction of sp³-hybridized carbons (Fsp3) is 0.419. The van der Waals surface area contributed by atoms with Gasteiger partial charge in [0.25, 0.3) is 0 Å². The highest BCUT2D eigenvalue weighted by molar-refractivity contribution is 5.73. The highest BCUT2D eigenvalue weighted by atomic mass is 15.3. The molecule has 0 saturated carbocycles. The van der Waals surface area contributed by atoms with Crippen molar-refractivity contribution in [3.63, 3.8) is 0 Å². The Morgan fingerprint density at radius 2 is 1.97 bits per heavy atom. The van der Waals surface area contributed by atoms with E-state index in [1.54, 1.807) is 0 Å². The average molecular weight is 525 g/mol. The van der Waals surface area contributed by atoms with E-state index in [2.05, 4.69) is 78.9 Å². The molecular weight excluding hydrogens is 484 g/mol. The van der Waals surface area contributed by atoms with Crippen LogP contribution in [-0.2, 0) is 32.9 Å². The highest BCUT2D eigenvalue weighted by Crippen LogP contribution is 2.36. The molecule has 0 amide bonds. The van der Waals surface area contributed by atoms with E-state index in [-0.39, 0.29) is 0 Å². The molecule has 0 fully saturated rings. The summed E-state index contributed by atoms with van der Waals surface area (Å²) in [6.07, 6.45) is 9.79. The van der Waals surface area contributed by atoms with Gasteiger partial charge in [-0.1, -0.05) is 51.5 Å². The van der Waals surface area contributed by atoms with Crippen LogP contribution in [0, 0.1) is 11.8 Å². The summed E-state index contributed by atoms with van der Waals surface area (Å²) in [5, 5.41) is 16.0. The Bertz CT molecular complexity index is 1480. The number of rotatable bonds is 10. The first-order valence-corrected chi connectivity index (χ1v) is 14.1. The molecule has 2 atom stereocenters. The molecule has 1 aliphatic rings. The number of anilines is 2. The van der Waals surface area contributed by atoms with Crippen LogP contribution in [0.5, 0.6) is 0 Å². The Kier molecular flexibility index (Phi) is 7.82. The second kappa shape index (κ2) is 11.4. The normalized spacial score (nSPS) is 14.5. The van der Waals surface area contributed by atoms with Crippen molar-refractivity contribution in [1.29, 1.82) is 0 Å². The maximum atomic E-state index is 4.98. The van der Waals surface area contributed by atoms with Crippen LogP contribution in [0.2, 0.25) is 0 Å². The van der Waals surface area contributed by atoms with E-state index in [0.717, 1.165) is 60.6 Å². The molecule has 2 unspecified atom stereocenters. The van der Waals surface area contributed by atoms with Crippen LogP contribution in [0.25, 0.3) is 16.8 Å². The van der Waals surface area contributed by atoms with Gasteiger partial charge in [0.15, 0.2) is 5.82 Å². The molecule has 1 aliphatic carbocycles. The summed E-state index contributed by atoms with van der Waals surface area (Å²) in [6.45, 7) is 9.81. The Labute approximate surface area is 231 Å². The molecule has 0 bridgehead atoms. The number of nitrogens with one attached hydrogen (secondary N) is 2. The molecule has 204 valence electrons. The standard InChI is InChI=1S/C31H40N8/c1-7-20(3)21(4)25(19-32-5)23-11-9-10-22(16-23)17-27-29-26(36-38(27)6)13-12-24-18-33-31(35-30(24)29)34-28-14-15-39(8-2)37-28/h9-11,14-16,18-21,32H,7-8,12-13,17H2,1-6H3,(H,33,34,35,37)/b25-19+. The van der Waals surface area contributed by atoms with Gasteiger partial charge in [0, 0.05) is 57.3 Å². The molecule has 4 aromatic rings. The molecule has 39 heavy (non-hydrogen) atoms. The molecule has 0 radical (unpaired) electrons. The number of aryl methyl sites for hydroxylation is 4. The molecule has 3 aromatic heterocycles. The van der Waals surface area contributed by atoms with E-state index in [9.17, 15) is 0 Å². The number of nitrogens with zero attached hydrogens (tertiary/aromatic N) is 6. The molecule has 5 rings (SSSR count). The lowest BCUT2D eigenvalue weighted by Crippen LogP contribution is -2.12. The number of allylic oxidation sites excluding steroid dienone is 1. The lowest BCUT2D eigenvalue weighted by atomic mass is 9.83. The number of benzene rings is 1. The fourth-order valence-electron chi connectivity index (χ4n) is 5.46. The summed E-state index contributed by atoms with van der Waals surface area (Å²) in [6, 6.07) is 10.9. The Morgan fingerprint density at radius 3 is 2.72 bits per heavy atom. The smallest absolute Gasteiger partial charge is 0.228 e. The predicted molar refractivity (Wildman–Crippen MR) is 158 cm³/mol. The fourth-order valence-corrected chi connectivity index (χ4v) is 5.46. The third kappa shape index (κ3) is 5.46. The molecule has 8 heteroatoms. The van der Waals surface area contributed by atoms with Crippen molar-refractivity contribution in [1.82, 2.24) is 34.8 Å². The zero-order valence-corrected chi connectivity index (χ0v) is 24.0. The zero-order chi connectivity index (χ0) is 27.5. The summed E-state index contributed by atoms with van der Waals surface area (Å²) < 4.78 is 3.92. The second-order valence-corrected chi connectivity index (χ2v) is 10.6. The predicted octanol–water partition coefficient (Wildman–Crippen LogP) is 5.77. The van der Waals surface area contributed by atoms with Gasteiger partial charge >= 0.3 is 0 Å². The van der Waals surface area contributed by atoms with Gasteiger partial charge in [0.05, 0.1) is 17.1 Å². The lowest BCUT2D eigenvalue weighted by molar-refractivity contribution is 0.457. The minimum absolute atomic E-state index is 0.459. The van der Waals surface area contributed by atoms with Crippen LogP contribution >= 0.6 is 0 Å². The van der Waals surface area contributed by atoms with Crippen LogP contribution in [0.15, 0.2) is 48.9 Å². The summed E-state index contributed by atoms with van der Waals surface area (Å²) in [5.41, 5.74) is 9.45. The van der Waals surface area contributed by atoms with Crippen LogP contribution < -0.4 is 10.6 Å². The molecule has 0 spiro atoms. The summed E-state index contributed by atoms with van der Waals surface area (Å²) in [4.78, 5) is 9.57. The first kappa shape index (κ1) is 26.7. The van der Waals surface area contributed by atoms with Crippen molar-refractivity contribution >= 4 is 17.3 Å². The SMILES string of the molecule is CCC(C)C(C)/C(=C\NC)c1cccc(Cc2c3c(nn2C)CCc2cnc(Nc4ccn(CC)n4)nc2-3)c1. The van der Waals surface area contributed by atoms with Gasteiger partial charge in [0.2, 0.25) is 5.95 Å². The van der Waals surface area contributed by atoms with Crippen molar-refractivity contribution in [2.45, 2.75) is 59.9 Å². The monoisotopic (exact) mass is 524 g/mol. The first-order chi connectivity index (χ1) is 18.9. The van der Waals surface area contributed by atoms with Crippen molar-refractivity contribution in [2.24, 2.45) is 18.9 Å². The van der Waals surface area contributed by atoms with Gasteiger partial charge in [0.1, 0.15) is 0 Å². The second-order valence-electron chi connectivity index (χ2n) is 10.6. The van der Waals surface area contributed by atoms with E-state index in [1.807, 2.05) is 41.9 Å². The largest absolute Gasteiger partial charge is 0.394 e. The maximum absolute atomic E-state index is 4.98. The minimum atomic E-state index is 0.459. The van der Waals surface area contributed by atoms with E-state index in [1.165, 1.54) is 22.4 Å². The molecule has 1 aromatic carbocycles. The first-order valence-electron chi connectivity index (χ1n) is 14.1. The Hall–Kier alpha value is -3.94.